The zero-order chi connectivity index (χ0) is 11.3. The van der Waals surface area contributed by atoms with E-state index >= 15 is 0 Å². The van der Waals surface area contributed by atoms with Gasteiger partial charge in [0.05, 0.1) is 6.07 Å². The molecule has 0 saturated heterocycles. The lowest BCUT2D eigenvalue weighted by Gasteiger charge is -2.10. The molecule has 1 atom stereocenters. The highest BCUT2D eigenvalue weighted by molar-refractivity contribution is 5.88. The second kappa shape index (κ2) is 5.31. The molecule has 15 heavy (non-hydrogen) atoms. The molecule has 2 heteroatoms. The Labute approximate surface area is 90.5 Å². The molecule has 0 spiro atoms. The molecule has 0 amide bonds. The number of carbonyl (C=O) groups is 1. The molecule has 78 valence electrons. The summed E-state index contributed by atoms with van der Waals surface area (Å²) in [6.07, 6.45) is 1.27. The van der Waals surface area contributed by atoms with Crippen molar-refractivity contribution in [2.75, 3.05) is 0 Å². The van der Waals surface area contributed by atoms with Crippen LogP contribution in [0.3, 0.4) is 0 Å². The molecule has 0 aromatic heterocycles. The van der Waals surface area contributed by atoms with E-state index in [0.717, 1.165) is 17.5 Å². The van der Waals surface area contributed by atoms with E-state index in [-0.39, 0.29) is 5.78 Å². The number of benzene rings is 1. The van der Waals surface area contributed by atoms with Gasteiger partial charge in [-0.1, -0.05) is 31.2 Å². The summed E-state index contributed by atoms with van der Waals surface area (Å²) in [5.41, 5.74) is 1.85. The number of nitriles is 1. The standard InChI is InChI=1S/C13H15NO/c1-3-6-13(15)12(9-14)11-8-5-4-7-10(11)2/h4-5,7-8,12H,3,6H2,1-2H3. The Hall–Kier alpha value is -1.62. The summed E-state index contributed by atoms with van der Waals surface area (Å²) in [4.78, 5) is 11.7. The van der Waals surface area contributed by atoms with Gasteiger partial charge in [-0.15, -0.1) is 0 Å². The van der Waals surface area contributed by atoms with Crippen LogP contribution in [0.4, 0.5) is 0 Å². The first-order chi connectivity index (χ1) is 7.20. The van der Waals surface area contributed by atoms with Crippen LogP contribution in [0.15, 0.2) is 24.3 Å². The topological polar surface area (TPSA) is 40.9 Å². The number of rotatable bonds is 4. The van der Waals surface area contributed by atoms with Gasteiger partial charge in [0.25, 0.3) is 0 Å². The maximum absolute atomic E-state index is 11.7. The van der Waals surface area contributed by atoms with Crippen molar-refractivity contribution in [2.24, 2.45) is 0 Å². The van der Waals surface area contributed by atoms with Crippen LogP contribution in [-0.2, 0) is 4.79 Å². The van der Waals surface area contributed by atoms with Crippen LogP contribution in [0, 0.1) is 18.3 Å². The molecule has 0 fully saturated rings. The molecule has 1 aromatic rings. The third-order valence-corrected chi connectivity index (χ3v) is 2.45. The largest absolute Gasteiger partial charge is 0.298 e. The SMILES string of the molecule is CCCC(=O)C(C#N)c1ccccc1C. The third kappa shape index (κ3) is 2.66. The van der Waals surface area contributed by atoms with E-state index in [2.05, 4.69) is 6.07 Å². The highest BCUT2D eigenvalue weighted by atomic mass is 16.1. The number of ketones is 1. The highest BCUT2D eigenvalue weighted by Gasteiger charge is 2.20. The van der Waals surface area contributed by atoms with Gasteiger partial charge in [-0.05, 0) is 24.5 Å². The van der Waals surface area contributed by atoms with Crippen molar-refractivity contribution in [1.82, 2.24) is 0 Å². The molecule has 1 rings (SSSR count). The number of Topliss-reactive ketones (excluding diaryl/α,β-unsaturated/α-hetero) is 1. The van der Waals surface area contributed by atoms with Crippen LogP contribution in [0.2, 0.25) is 0 Å². The first kappa shape index (κ1) is 11.5. The highest BCUT2D eigenvalue weighted by Crippen LogP contribution is 2.21. The first-order valence-corrected chi connectivity index (χ1v) is 5.18. The summed E-state index contributed by atoms with van der Waals surface area (Å²) in [5.74, 6) is -0.569. The fourth-order valence-corrected chi connectivity index (χ4v) is 1.62. The Morgan fingerprint density at radius 2 is 2.13 bits per heavy atom. The average Bonchev–Trinajstić information content (AvgIpc) is 2.22. The van der Waals surface area contributed by atoms with E-state index in [1.165, 1.54) is 0 Å². The van der Waals surface area contributed by atoms with Crippen molar-refractivity contribution in [1.29, 1.82) is 5.26 Å². The minimum absolute atomic E-state index is 0.0225. The summed E-state index contributed by atoms with van der Waals surface area (Å²) >= 11 is 0. The van der Waals surface area contributed by atoms with Crippen LogP contribution in [0.1, 0.15) is 36.8 Å². The fraction of sp³-hybridized carbons (Fsp3) is 0.385. The molecular formula is C13H15NO. The van der Waals surface area contributed by atoms with Crippen molar-refractivity contribution in [2.45, 2.75) is 32.6 Å². The Morgan fingerprint density at radius 1 is 1.47 bits per heavy atom. The second-order valence-electron chi connectivity index (χ2n) is 3.64. The van der Waals surface area contributed by atoms with Gasteiger partial charge in [0.1, 0.15) is 5.92 Å². The van der Waals surface area contributed by atoms with Gasteiger partial charge in [-0.3, -0.25) is 4.79 Å². The summed E-state index contributed by atoms with van der Waals surface area (Å²) in [5, 5.41) is 9.03. The third-order valence-electron chi connectivity index (χ3n) is 2.45. The van der Waals surface area contributed by atoms with E-state index in [9.17, 15) is 4.79 Å². The number of hydrogen-bond acceptors (Lipinski definition) is 2. The molecular weight excluding hydrogens is 186 g/mol. The minimum Gasteiger partial charge on any atom is -0.298 e. The predicted octanol–water partition coefficient (Wildman–Crippen LogP) is 2.97. The molecule has 0 aliphatic heterocycles. The van der Waals surface area contributed by atoms with Crippen molar-refractivity contribution >= 4 is 5.78 Å². The fourth-order valence-electron chi connectivity index (χ4n) is 1.62. The van der Waals surface area contributed by atoms with Crippen molar-refractivity contribution < 1.29 is 4.79 Å². The average molecular weight is 201 g/mol. The molecule has 2 nitrogen and oxygen atoms in total. The van der Waals surface area contributed by atoms with Gasteiger partial charge in [-0.25, -0.2) is 0 Å². The Balaban J connectivity index is 2.99. The lowest BCUT2D eigenvalue weighted by Crippen LogP contribution is -2.11. The van der Waals surface area contributed by atoms with Crippen LogP contribution in [0.25, 0.3) is 0 Å². The van der Waals surface area contributed by atoms with E-state index in [4.69, 9.17) is 5.26 Å². The van der Waals surface area contributed by atoms with E-state index in [1.54, 1.807) is 0 Å². The minimum atomic E-state index is -0.592. The zero-order valence-electron chi connectivity index (χ0n) is 9.16. The summed E-state index contributed by atoms with van der Waals surface area (Å²) in [6.45, 7) is 3.88. The number of aryl methyl sites for hydroxylation is 1. The van der Waals surface area contributed by atoms with Gasteiger partial charge in [0.2, 0.25) is 0 Å². The summed E-state index contributed by atoms with van der Waals surface area (Å²) in [7, 11) is 0. The molecule has 0 heterocycles. The van der Waals surface area contributed by atoms with Gasteiger partial charge < -0.3 is 0 Å². The lowest BCUT2D eigenvalue weighted by atomic mass is 9.91. The first-order valence-electron chi connectivity index (χ1n) is 5.18. The predicted molar refractivity (Wildman–Crippen MR) is 59.4 cm³/mol. The van der Waals surface area contributed by atoms with Crippen LogP contribution in [-0.4, -0.2) is 5.78 Å². The van der Waals surface area contributed by atoms with Gasteiger partial charge in [0.15, 0.2) is 5.78 Å². The molecule has 0 bridgehead atoms. The van der Waals surface area contributed by atoms with Crippen molar-refractivity contribution in [3.63, 3.8) is 0 Å². The number of carbonyl (C=O) groups excluding carboxylic acids is 1. The van der Waals surface area contributed by atoms with Crippen molar-refractivity contribution in [3.8, 4) is 6.07 Å². The monoisotopic (exact) mass is 201 g/mol. The molecule has 0 N–H and O–H groups in total. The van der Waals surface area contributed by atoms with Crippen molar-refractivity contribution in [3.05, 3.63) is 35.4 Å². The van der Waals surface area contributed by atoms with Gasteiger partial charge in [-0.2, -0.15) is 5.26 Å². The summed E-state index contributed by atoms with van der Waals surface area (Å²) < 4.78 is 0. The number of nitrogens with zero attached hydrogens (tertiary/aromatic N) is 1. The quantitative estimate of drug-likeness (QED) is 0.751. The Kier molecular flexibility index (Phi) is 4.05. The maximum atomic E-state index is 11.7. The number of hydrogen-bond donors (Lipinski definition) is 0. The maximum Gasteiger partial charge on any atom is 0.154 e. The van der Waals surface area contributed by atoms with Gasteiger partial charge >= 0.3 is 0 Å². The lowest BCUT2D eigenvalue weighted by molar-refractivity contribution is -0.119. The second-order valence-corrected chi connectivity index (χ2v) is 3.64. The van der Waals surface area contributed by atoms with E-state index in [1.807, 2.05) is 38.1 Å². The zero-order valence-corrected chi connectivity index (χ0v) is 9.16. The normalized spacial score (nSPS) is 11.8. The molecule has 0 radical (unpaired) electrons. The van der Waals surface area contributed by atoms with E-state index in [0.29, 0.717) is 6.42 Å². The van der Waals surface area contributed by atoms with Crippen LogP contribution < -0.4 is 0 Å². The van der Waals surface area contributed by atoms with Crippen LogP contribution >= 0.6 is 0 Å². The van der Waals surface area contributed by atoms with Gasteiger partial charge in [0, 0.05) is 6.42 Å². The molecule has 0 saturated carbocycles. The Morgan fingerprint density at radius 3 is 2.67 bits per heavy atom. The molecule has 1 unspecified atom stereocenters. The Bertz CT molecular complexity index is 390. The molecule has 0 aliphatic rings. The van der Waals surface area contributed by atoms with Crippen LogP contribution in [0.5, 0.6) is 0 Å². The van der Waals surface area contributed by atoms with E-state index < -0.39 is 5.92 Å². The molecule has 0 aliphatic carbocycles. The molecule has 1 aromatic carbocycles. The summed E-state index contributed by atoms with van der Waals surface area (Å²) in [6, 6.07) is 9.66. The smallest absolute Gasteiger partial charge is 0.154 e.